The predicted molar refractivity (Wildman–Crippen MR) is 93.1 cm³/mol. The number of para-hydroxylation sites is 1. The van der Waals surface area contributed by atoms with E-state index in [1.807, 2.05) is 0 Å². The maximum Gasteiger partial charge on any atom is 0.325 e. The van der Waals surface area contributed by atoms with Crippen LogP contribution in [0.5, 0.6) is 5.75 Å². The first kappa shape index (κ1) is 19.1. The topological polar surface area (TPSA) is 111 Å². The molecular formula is C17H16N2O6S. The predicted octanol–water partition coefficient (Wildman–Crippen LogP) is 0.986. The molecule has 0 saturated carbocycles. The number of rotatable bonds is 7. The highest BCUT2D eigenvalue weighted by Gasteiger charge is 2.15. The van der Waals surface area contributed by atoms with Crippen LogP contribution in [0, 0.1) is 0 Å². The lowest BCUT2D eigenvalue weighted by molar-refractivity contribution is -0.147. The molecule has 0 bridgehead atoms. The number of carbonyl (C=O) groups is 4. The number of thiophene rings is 1. The number of carbonyl (C=O) groups excluding carboxylic acids is 4. The van der Waals surface area contributed by atoms with Crippen LogP contribution < -0.4 is 15.4 Å². The fourth-order valence-corrected chi connectivity index (χ4v) is 2.53. The molecule has 3 amide bonds. The summed E-state index contributed by atoms with van der Waals surface area (Å²) in [6.45, 7) is -1.05. The van der Waals surface area contributed by atoms with E-state index in [0.717, 1.165) is 0 Å². The minimum absolute atomic E-state index is 0.266. The van der Waals surface area contributed by atoms with Crippen LogP contribution in [0.15, 0.2) is 41.8 Å². The molecule has 0 spiro atoms. The molecule has 0 aliphatic heterocycles. The maximum absolute atomic E-state index is 12.0. The lowest BCUT2D eigenvalue weighted by atomic mass is 10.2. The number of imide groups is 1. The van der Waals surface area contributed by atoms with Gasteiger partial charge in [-0.1, -0.05) is 18.2 Å². The second-order valence-electron chi connectivity index (χ2n) is 4.90. The van der Waals surface area contributed by atoms with Crippen LogP contribution in [0.25, 0.3) is 0 Å². The summed E-state index contributed by atoms with van der Waals surface area (Å²) in [6, 6.07) is 9.76. The minimum Gasteiger partial charge on any atom is -0.496 e. The van der Waals surface area contributed by atoms with E-state index in [4.69, 9.17) is 9.47 Å². The van der Waals surface area contributed by atoms with Crippen LogP contribution in [-0.2, 0) is 14.3 Å². The molecule has 1 heterocycles. The van der Waals surface area contributed by atoms with Crippen molar-refractivity contribution in [3.05, 3.63) is 52.2 Å². The molecule has 0 unspecified atom stereocenters. The summed E-state index contributed by atoms with van der Waals surface area (Å²) < 4.78 is 9.78. The number of methoxy groups -OCH3 is 1. The zero-order valence-corrected chi connectivity index (χ0v) is 14.6. The van der Waals surface area contributed by atoms with E-state index in [-0.39, 0.29) is 5.56 Å². The highest BCUT2D eigenvalue weighted by Crippen LogP contribution is 2.16. The zero-order valence-electron chi connectivity index (χ0n) is 13.8. The van der Waals surface area contributed by atoms with E-state index in [2.05, 4.69) is 10.6 Å². The Bertz CT molecular complexity index is 803. The van der Waals surface area contributed by atoms with E-state index in [1.54, 1.807) is 41.8 Å². The first-order valence-electron chi connectivity index (χ1n) is 7.45. The number of amides is 3. The standard InChI is InChI=1S/C17H16N2O6S/c1-24-12-6-3-2-5-11(12)16(22)18-9-15(21)25-10-14(20)19-17(23)13-7-4-8-26-13/h2-8H,9-10H2,1H3,(H,18,22)(H,19,20,23). The van der Waals surface area contributed by atoms with Gasteiger partial charge in [0.05, 0.1) is 17.6 Å². The highest BCUT2D eigenvalue weighted by atomic mass is 32.1. The lowest BCUT2D eigenvalue weighted by Crippen LogP contribution is -2.36. The van der Waals surface area contributed by atoms with Crippen LogP contribution in [-0.4, -0.2) is 44.0 Å². The Morgan fingerprint density at radius 2 is 1.81 bits per heavy atom. The molecule has 8 nitrogen and oxygen atoms in total. The number of benzene rings is 1. The highest BCUT2D eigenvalue weighted by molar-refractivity contribution is 7.12. The molecule has 136 valence electrons. The number of ether oxygens (including phenoxy) is 2. The zero-order chi connectivity index (χ0) is 18.9. The van der Waals surface area contributed by atoms with Crippen molar-refractivity contribution in [2.45, 2.75) is 0 Å². The Labute approximate surface area is 153 Å². The van der Waals surface area contributed by atoms with Gasteiger partial charge in [-0.15, -0.1) is 11.3 Å². The summed E-state index contributed by atoms with van der Waals surface area (Å²) in [5.41, 5.74) is 0.266. The molecule has 0 atom stereocenters. The summed E-state index contributed by atoms with van der Waals surface area (Å²) >= 11 is 1.18. The first-order chi connectivity index (χ1) is 12.5. The van der Waals surface area contributed by atoms with Crippen molar-refractivity contribution in [2.24, 2.45) is 0 Å². The SMILES string of the molecule is COc1ccccc1C(=O)NCC(=O)OCC(=O)NC(=O)c1cccs1. The molecular weight excluding hydrogens is 360 g/mol. The number of hydrogen-bond donors (Lipinski definition) is 2. The second-order valence-corrected chi connectivity index (χ2v) is 5.85. The van der Waals surface area contributed by atoms with Gasteiger partial charge in [-0.2, -0.15) is 0 Å². The van der Waals surface area contributed by atoms with Crippen LogP contribution in [0.2, 0.25) is 0 Å². The van der Waals surface area contributed by atoms with Crippen molar-refractivity contribution in [3.8, 4) is 5.75 Å². The summed E-state index contributed by atoms with van der Waals surface area (Å²) in [6.07, 6.45) is 0. The number of hydrogen-bond acceptors (Lipinski definition) is 7. The Hall–Kier alpha value is -3.20. The van der Waals surface area contributed by atoms with Gasteiger partial charge in [-0.25, -0.2) is 0 Å². The van der Waals surface area contributed by atoms with Gasteiger partial charge >= 0.3 is 5.97 Å². The van der Waals surface area contributed by atoms with Gasteiger partial charge < -0.3 is 14.8 Å². The molecule has 1 aromatic heterocycles. The molecule has 0 fully saturated rings. The molecule has 0 saturated heterocycles. The van der Waals surface area contributed by atoms with Crippen LogP contribution in [0.4, 0.5) is 0 Å². The van der Waals surface area contributed by atoms with Crippen molar-refractivity contribution in [2.75, 3.05) is 20.3 Å². The van der Waals surface area contributed by atoms with Gasteiger partial charge in [0.1, 0.15) is 12.3 Å². The summed E-state index contributed by atoms with van der Waals surface area (Å²) in [4.78, 5) is 47.3. The molecule has 0 radical (unpaired) electrons. The molecule has 2 aromatic rings. The Morgan fingerprint density at radius 3 is 2.50 bits per heavy atom. The second kappa shape index (κ2) is 9.33. The van der Waals surface area contributed by atoms with Gasteiger partial charge in [-0.3, -0.25) is 24.5 Å². The quantitative estimate of drug-likeness (QED) is 0.697. The lowest BCUT2D eigenvalue weighted by Gasteiger charge is -2.09. The summed E-state index contributed by atoms with van der Waals surface area (Å²) in [7, 11) is 1.43. The molecule has 0 aliphatic carbocycles. The fraction of sp³-hybridized carbons (Fsp3) is 0.176. The van der Waals surface area contributed by atoms with Crippen molar-refractivity contribution in [3.63, 3.8) is 0 Å². The molecule has 2 N–H and O–H groups in total. The van der Waals surface area contributed by atoms with E-state index in [0.29, 0.717) is 10.6 Å². The Morgan fingerprint density at radius 1 is 1.04 bits per heavy atom. The monoisotopic (exact) mass is 376 g/mol. The smallest absolute Gasteiger partial charge is 0.325 e. The van der Waals surface area contributed by atoms with Crippen LogP contribution in [0.1, 0.15) is 20.0 Å². The number of esters is 1. The normalized spacial score (nSPS) is 9.88. The van der Waals surface area contributed by atoms with E-state index in [9.17, 15) is 19.2 Å². The van der Waals surface area contributed by atoms with Gasteiger partial charge in [-0.05, 0) is 23.6 Å². The third-order valence-corrected chi connectivity index (χ3v) is 3.98. The van der Waals surface area contributed by atoms with E-state index >= 15 is 0 Å². The van der Waals surface area contributed by atoms with Crippen LogP contribution >= 0.6 is 11.3 Å². The number of nitrogens with one attached hydrogen (secondary N) is 2. The largest absolute Gasteiger partial charge is 0.496 e. The average molecular weight is 376 g/mol. The van der Waals surface area contributed by atoms with Gasteiger partial charge in [0.25, 0.3) is 17.7 Å². The van der Waals surface area contributed by atoms with Crippen molar-refractivity contribution >= 4 is 35.0 Å². The first-order valence-corrected chi connectivity index (χ1v) is 8.33. The minimum atomic E-state index is -0.813. The summed E-state index contributed by atoms with van der Waals surface area (Å²) in [5, 5.41) is 6.16. The van der Waals surface area contributed by atoms with Crippen LogP contribution in [0.3, 0.4) is 0 Å². The maximum atomic E-state index is 12.0. The third-order valence-electron chi connectivity index (χ3n) is 3.11. The average Bonchev–Trinajstić information content (AvgIpc) is 3.19. The van der Waals surface area contributed by atoms with Crippen molar-refractivity contribution in [1.29, 1.82) is 0 Å². The molecule has 1 aromatic carbocycles. The molecule has 0 aliphatic rings. The van der Waals surface area contributed by atoms with Gasteiger partial charge in [0.2, 0.25) is 0 Å². The third kappa shape index (κ3) is 5.42. The molecule has 2 rings (SSSR count). The summed E-state index contributed by atoms with van der Waals surface area (Å²) in [5.74, 6) is -2.29. The Kier molecular flexibility index (Phi) is 6.86. The Balaban J connectivity index is 1.74. The van der Waals surface area contributed by atoms with Gasteiger partial charge in [0.15, 0.2) is 6.61 Å². The molecule has 9 heteroatoms. The van der Waals surface area contributed by atoms with Gasteiger partial charge in [0, 0.05) is 0 Å². The van der Waals surface area contributed by atoms with E-state index < -0.39 is 36.8 Å². The van der Waals surface area contributed by atoms with Crippen molar-refractivity contribution in [1.82, 2.24) is 10.6 Å². The molecule has 26 heavy (non-hydrogen) atoms. The van der Waals surface area contributed by atoms with Crippen molar-refractivity contribution < 1.29 is 28.7 Å². The fourth-order valence-electron chi connectivity index (χ4n) is 1.91. The van der Waals surface area contributed by atoms with E-state index in [1.165, 1.54) is 18.4 Å².